The summed E-state index contributed by atoms with van der Waals surface area (Å²) >= 11 is 5.03. The van der Waals surface area contributed by atoms with Crippen LogP contribution in [0.2, 0.25) is 0 Å². The molecule has 0 saturated carbocycles. The van der Waals surface area contributed by atoms with E-state index in [1.54, 1.807) is 47.5 Å². The first-order valence-electron chi connectivity index (χ1n) is 5.40. The van der Waals surface area contributed by atoms with Gasteiger partial charge in [-0.05, 0) is 40.2 Å². The third kappa shape index (κ3) is 3.11. The summed E-state index contributed by atoms with van der Waals surface area (Å²) in [6.07, 6.45) is 0. The quantitative estimate of drug-likeness (QED) is 0.880. The van der Waals surface area contributed by atoms with Crippen LogP contribution in [-0.4, -0.2) is 17.9 Å². The zero-order valence-electron chi connectivity index (χ0n) is 9.89. The Morgan fingerprint density at radius 3 is 2.83 bits per heavy atom. The van der Waals surface area contributed by atoms with E-state index in [4.69, 9.17) is 5.73 Å². The van der Waals surface area contributed by atoms with Crippen molar-refractivity contribution in [3.63, 3.8) is 0 Å². The van der Waals surface area contributed by atoms with Gasteiger partial charge in [0.1, 0.15) is 0 Å². The second kappa shape index (κ2) is 5.54. The fraction of sp³-hybridized carbons (Fsp3) is 0.154. The highest BCUT2D eigenvalue weighted by Crippen LogP contribution is 2.21. The van der Waals surface area contributed by atoms with Gasteiger partial charge in [-0.25, -0.2) is 0 Å². The number of nitrogens with zero attached hydrogens (tertiary/aromatic N) is 1. The van der Waals surface area contributed by atoms with E-state index in [1.807, 2.05) is 11.4 Å². The molecule has 0 aliphatic carbocycles. The molecule has 1 heterocycles. The average Bonchev–Trinajstić information content (AvgIpc) is 2.73. The van der Waals surface area contributed by atoms with Crippen molar-refractivity contribution in [3.05, 3.63) is 50.6 Å². The molecule has 0 atom stereocenters. The molecule has 0 saturated heterocycles. The predicted molar refractivity (Wildman–Crippen MR) is 78.7 cm³/mol. The number of carbonyl (C=O) groups is 1. The van der Waals surface area contributed by atoms with Gasteiger partial charge in [-0.3, -0.25) is 4.79 Å². The zero-order valence-corrected chi connectivity index (χ0v) is 12.3. The SMILES string of the molecule is CN(Cc1cc(Br)cs1)C(=O)c1cccc(N)c1. The van der Waals surface area contributed by atoms with Gasteiger partial charge in [-0.2, -0.15) is 0 Å². The summed E-state index contributed by atoms with van der Waals surface area (Å²) in [4.78, 5) is 15.0. The number of carbonyl (C=O) groups excluding carboxylic acids is 1. The number of benzene rings is 1. The Labute approximate surface area is 118 Å². The van der Waals surface area contributed by atoms with Crippen LogP contribution in [0.25, 0.3) is 0 Å². The summed E-state index contributed by atoms with van der Waals surface area (Å²) in [5.74, 6) is -0.0215. The number of amides is 1. The molecular formula is C13H13BrN2OS. The van der Waals surface area contributed by atoms with E-state index < -0.39 is 0 Å². The standard InChI is InChI=1S/C13H13BrN2OS/c1-16(7-12-6-10(14)8-18-12)13(17)9-3-2-4-11(15)5-9/h2-6,8H,7,15H2,1H3. The van der Waals surface area contributed by atoms with E-state index >= 15 is 0 Å². The van der Waals surface area contributed by atoms with Crippen LogP contribution < -0.4 is 5.73 Å². The van der Waals surface area contributed by atoms with Crippen LogP contribution in [0.5, 0.6) is 0 Å². The summed E-state index contributed by atoms with van der Waals surface area (Å²) in [6.45, 7) is 0.601. The molecule has 0 unspecified atom stereocenters. The molecule has 0 aliphatic heterocycles. The highest BCUT2D eigenvalue weighted by molar-refractivity contribution is 9.10. The highest BCUT2D eigenvalue weighted by Gasteiger charge is 2.12. The van der Waals surface area contributed by atoms with Crippen LogP contribution >= 0.6 is 27.3 Å². The molecule has 18 heavy (non-hydrogen) atoms. The fourth-order valence-corrected chi connectivity index (χ4v) is 3.14. The van der Waals surface area contributed by atoms with Gasteiger partial charge in [0.25, 0.3) is 5.91 Å². The van der Waals surface area contributed by atoms with Crippen molar-refractivity contribution >= 4 is 38.9 Å². The van der Waals surface area contributed by atoms with Gasteiger partial charge >= 0.3 is 0 Å². The Kier molecular flexibility index (Phi) is 4.04. The molecule has 1 amide bonds. The van der Waals surface area contributed by atoms with Crippen LogP contribution in [0.3, 0.4) is 0 Å². The first-order chi connectivity index (χ1) is 8.56. The largest absolute Gasteiger partial charge is 0.399 e. The van der Waals surface area contributed by atoms with Crippen molar-refractivity contribution in [2.45, 2.75) is 6.54 Å². The minimum absolute atomic E-state index is 0.0215. The minimum atomic E-state index is -0.0215. The van der Waals surface area contributed by atoms with Gasteiger partial charge < -0.3 is 10.6 Å². The second-order valence-corrected chi connectivity index (χ2v) is 5.93. The lowest BCUT2D eigenvalue weighted by Crippen LogP contribution is -2.25. The molecule has 1 aromatic heterocycles. The lowest BCUT2D eigenvalue weighted by atomic mass is 10.2. The van der Waals surface area contributed by atoms with Crippen molar-refractivity contribution in [1.82, 2.24) is 4.90 Å². The van der Waals surface area contributed by atoms with Gasteiger partial charge in [-0.1, -0.05) is 6.07 Å². The summed E-state index contributed by atoms with van der Waals surface area (Å²) in [5.41, 5.74) is 6.90. The molecule has 0 bridgehead atoms. The van der Waals surface area contributed by atoms with Gasteiger partial charge in [0.15, 0.2) is 0 Å². The van der Waals surface area contributed by atoms with Gasteiger partial charge in [0.05, 0.1) is 6.54 Å². The van der Waals surface area contributed by atoms with E-state index in [9.17, 15) is 4.79 Å². The molecular weight excluding hydrogens is 312 g/mol. The van der Waals surface area contributed by atoms with Crippen molar-refractivity contribution < 1.29 is 4.79 Å². The van der Waals surface area contributed by atoms with Crippen LogP contribution in [0, 0.1) is 0 Å². The molecule has 2 aromatic rings. The molecule has 0 fully saturated rings. The smallest absolute Gasteiger partial charge is 0.253 e. The molecule has 0 spiro atoms. The first-order valence-corrected chi connectivity index (χ1v) is 7.07. The number of nitrogens with two attached hydrogens (primary N) is 1. The Morgan fingerprint density at radius 1 is 1.44 bits per heavy atom. The fourth-order valence-electron chi connectivity index (χ4n) is 1.63. The first kappa shape index (κ1) is 13.1. The third-order valence-corrected chi connectivity index (χ3v) is 4.18. The van der Waals surface area contributed by atoms with E-state index in [2.05, 4.69) is 15.9 Å². The summed E-state index contributed by atoms with van der Waals surface area (Å²) in [7, 11) is 1.79. The van der Waals surface area contributed by atoms with Crippen LogP contribution in [0.4, 0.5) is 5.69 Å². The summed E-state index contributed by atoms with van der Waals surface area (Å²) < 4.78 is 1.05. The Morgan fingerprint density at radius 2 is 2.22 bits per heavy atom. The van der Waals surface area contributed by atoms with Crippen LogP contribution in [-0.2, 0) is 6.54 Å². The van der Waals surface area contributed by atoms with Crippen molar-refractivity contribution in [2.24, 2.45) is 0 Å². The molecule has 2 rings (SSSR count). The average molecular weight is 325 g/mol. The maximum Gasteiger partial charge on any atom is 0.253 e. The zero-order chi connectivity index (χ0) is 13.1. The molecule has 1 aromatic carbocycles. The van der Waals surface area contributed by atoms with Crippen molar-refractivity contribution in [3.8, 4) is 0 Å². The van der Waals surface area contributed by atoms with Gasteiger partial charge in [0.2, 0.25) is 0 Å². The second-order valence-electron chi connectivity index (χ2n) is 4.02. The van der Waals surface area contributed by atoms with E-state index in [0.29, 0.717) is 17.8 Å². The van der Waals surface area contributed by atoms with E-state index in [1.165, 1.54) is 0 Å². The normalized spacial score (nSPS) is 10.3. The number of hydrogen-bond acceptors (Lipinski definition) is 3. The third-order valence-electron chi connectivity index (χ3n) is 2.50. The predicted octanol–water partition coefficient (Wildman–Crippen LogP) is 3.37. The number of thiophene rings is 1. The Balaban J connectivity index is 2.09. The van der Waals surface area contributed by atoms with Crippen molar-refractivity contribution in [2.75, 3.05) is 12.8 Å². The van der Waals surface area contributed by atoms with Crippen LogP contribution in [0.15, 0.2) is 40.2 Å². The summed E-state index contributed by atoms with van der Waals surface area (Å²) in [6, 6.07) is 9.06. The number of nitrogen functional groups attached to an aromatic ring is 1. The molecule has 94 valence electrons. The van der Waals surface area contributed by atoms with Gasteiger partial charge in [-0.15, -0.1) is 11.3 Å². The lowest BCUT2D eigenvalue weighted by molar-refractivity contribution is 0.0786. The molecule has 0 radical (unpaired) electrons. The summed E-state index contributed by atoms with van der Waals surface area (Å²) in [5, 5.41) is 2.01. The topological polar surface area (TPSA) is 46.3 Å². The molecule has 2 N–H and O–H groups in total. The van der Waals surface area contributed by atoms with E-state index in [0.717, 1.165) is 9.35 Å². The maximum atomic E-state index is 12.2. The number of anilines is 1. The lowest BCUT2D eigenvalue weighted by Gasteiger charge is -2.16. The minimum Gasteiger partial charge on any atom is -0.399 e. The van der Waals surface area contributed by atoms with Crippen molar-refractivity contribution in [1.29, 1.82) is 0 Å². The molecule has 3 nitrogen and oxygen atoms in total. The molecule has 5 heteroatoms. The monoisotopic (exact) mass is 324 g/mol. The van der Waals surface area contributed by atoms with Crippen LogP contribution in [0.1, 0.15) is 15.2 Å². The van der Waals surface area contributed by atoms with Gasteiger partial charge in [0, 0.05) is 33.0 Å². The molecule has 0 aliphatic rings. The maximum absolute atomic E-state index is 12.2. The number of halogens is 1. The number of hydrogen-bond donors (Lipinski definition) is 1. The number of rotatable bonds is 3. The Hall–Kier alpha value is -1.33. The van der Waals surface area contributed by atoms with E-state index in [-0.39, 0.29) is 5.91 Å². The Bertz CT molecular complexity index is 568. The highest BCUT2D eigenvalue weighted by atomic mass is 79.9.